The molecule has 1 amide bonds. The van der Waals surface area contributed by atoms with Crippen LogP contribution in [-0.4, -0.2) is 42.7 Å². The summed E-state index contributed by atoms with van der Waals surface area (Å²) in [5.74, 6) is 0.120. The number of methoxy groups -OCH3 is 1. The molecule has 1 aromatic rings. The molecule has 4 rings (SSSR count). The number of ether oxygens (including phenoxy) is 1. The summed E-state index contributed by atoms with van der Waals surface area (Å²) in [6.45, 7) is 1.61. The molecule has 0 aromatic carbocycles. The molecular weight excluding hydrogens is 346 g/mol. The molecule has 2 aliphatic heterocycles. The Labute approximate surface area is 158 Å². The highest BCUT2D eigenvalue weighted by Crippen LogP contribution is 2.38. The molecule has 2 fully saturated rings. The summed E-state index contributed by atoms with van der Waals surface area (Å²) < 4.78 is 6.54. The van der Waals surface area contributed by atoms with Crippen molar-refractivity contribution in [3.63, 3.8) is 0 Å². The van der Waals surface area contributed by atoms with Crippen LogP contribution < -0.4 is 16.2 Å². The number of esters is 1. The Morgan fingerprint density at radius 1 is 1.19 bits per heavy atom. The number of piperidine rings is 1. The van der Waals surface area contributed by atoms with Gasteiger partial charge in [-0.15, -0.1) is 0 Å². The van der Waals surface area contributed by atoms with Crippen LogP contribution in [0.15, 0.2) is 23.0 Å². The number of hydrogen-bond donors (Lipinski definition) is 2. The molecule has 27 heavy (non-hydrogen) atoms. The van der Waals surface area contributed by atoms with Crippen LogP contribution in [0.2, 0.25) is 0 Å². The van der Waals surface area contributed by atoms with Gasteiger partial charge >= 0.3 is 5.97 Å². The molecule has 1 aromatic heterocycles. The molecule has 0 radical (unpaired) electrons. The largest absolute Gasteiger partial charge is 0.469 e. The summed E-state index contributed by atoms with van der Waals surface area (Å²) in [5, 5.41) is 6.57. The molecule has 1 saturated heterocycles. The van der Waals surface area contributed by atoms with Crippen molar-refractivity contribution in [1.82, 2.24) is 15.2 Å². The standard InChI is InChI=1S/C20H27N3O4/c1-27-20(26)12-5-7-15(8-6-12)22-19(25)18-14-9-13(10-21-11-14)16-3-2-4-17(24)23(16)18/h2-4,12-15,18,21H,5-11H2,1H3,(H,22,25)/t12?,13-,14+,15?,18-/m1/s1. The van der Waals surface area contributed by atoms with Gasteiger partial charge in [0.05, 0.1) is 13.0 Å². The monoisotopic (exact) mass is 373 g/mol. The summed E-state index contributed by atoms with van der Waals surface area (Å²) in [6, 6.07) is 4.88. The lowest BCUT2D eigenvalue weighted by Gasteiger charge is -2.42. The summed E-state index contributed by atoms with van der Waals surface area (Å²) in [6.07, 6.45) is 3.92. The molecule has 7 nitrogen and oxygen atoms in total. The molecule has 7 heteroatoms. The summed E-state index contributed by atoms with van der Waals surface area (Å²) in [7, 11) is 1.42. The number of aromatic nitrogens is 1. The Morgan fingerprint density at radius 2 is 1.96 bits per heavy atom. The minimum atomic E-state index is -0.462. The third-order valence-corrected chi connectivity index (χ3v) is 6.43. The lowest BCUT2D eigenvalue weighted by atomic mass is 9.78. The maximum atomic E-state index is 13.2. The highest BCUT2D eigenvalue weighted by molar-refractivity contribution is 5.81. The van der Waals surface area contributed by atoms with E-state index in [9.17, 15) is 14.4 Å². The first-order valence-electron chi connectivity index (χ1n) is 9.89. The van der Waals surface area contributed by atoms with Crippen LogP contribution in [0.3, 0.4) is 0 Å². The fraction of sp³-hybridized carbons (Fsp3) is 0.650. The van der Waals surface area contributed by atoms with Gasteiger partial charge < -0.3 is 15.4 Å². The average Bonchev–Trinajstić information content (AvgIpc) is 2.69. The van der Waals surface area contributed by atoms with Gasteiger partial charge in [0.15, 0.2) is 0 Å². The van der Waals surface area contributed by atoms with Gasteiger partial charge in [0, 0.05) is 42.7 Å². The van der Waals surface area contributed by atoms with Gasteiger partial charge in [0.1, 0.15) is 6.04 Å². The van der Waals surface area contributed by atoms with Crippen LogP contribution in [0.4, 0.5) is 0 Å². The highest BCUT2D eigenvalue weighted by atomic mass is 16.5. The minimum absolute atomic E-state index is 0.0514. The van der Waals surface area contributed by atoms with E-state index in [-0.39, 0.29) is 41.2 Å². The second-order valence-corrected chi connectivity index (χ2v) is 8.03. The maximum absolute atomic E-state index is 13.2. The molecule has 146 valence electrons. The van der Waals surface area contributed by atoms with Crippen molar-refractivity contribution >= 4 is 11.9 Å². The average molecular weight is 373 g/mol. The first-order chi connectivity index (χ1) is 13.1. The van der Waals surface area contributed by atoms with E-state index in [1.807, 2.05) is 6.07 Å². The lowest BCUT2D eigenvalue weighted by molar-refractivity contribution is -0.146. The molecule has 2 bridgehead atoms. The summed E-state index contributed by atoms with van der Waals surface area (Å²) >= 11 is 0. The van der Waals surface area contributed by atoms with Crippen molar-refractivity contribution in [3.8, 4) is 0 Å². The van der Waals surface area contributed by atoms with Gasteiger partial charge in [-0.3, -0.25) is 19.0 Å². The van der Waals surface area contributed by atoms with Crippen LogP contribution in [0.1, 0.15) is 49.8 Å². The zero-order valence-electron chi connectivity index (χ0n) is 15.6. The van der Waals surface area contributed by atoms with Gasteiger partial charge in [0.2, 0.25) is 5.91 Å². The fourth-order valence-corrected chi connectivity index (χ4v) is 5.06. The highest BCUT2D eigenvalue weighted by Gasteiger charge is 2.42. The minimum Gasteiger partial charge on any atom is -0.469 e. The number of carbonyl (C=O) groups is 2. The zero-order chi connectivity index (χ0) is 19.0. The van der Waals surface area contributed by atoms with Gasteiger partial charge in [0.25, 0.3) is 5.56 Å². The summed E-state index contributed by atoms with van der Waals surface area (Å²) in [4.78, 5) is 37.4. The maximum Gasteiger partial charge on any atom is 0.308 e. The molecule has 3 heterocycles. The number of nitrogens with one attached hydrogen (secondary N) is 2. The molecule has 1 aliphatic carbocycles. The number of rotatable bonds is 3. The zero-order valence-corrected chi connectivity index (χ0v) is 15.6. The van der Waals surface area contributed by atoms with Crippen LogP contribution in [0.25, 0.3) is 0 Å². The van der Waals surface area contributed by atoms with E-state index in [0.29, 0.717) is 0 Å². The van der Waals surface area contributed by atoms with E-state index >= 15 is 0 Å². The Kier molecular flexibility index (Phi) is 5.04. The van der Waals surface area contributed by atoms with Gasteiger partial charge in [-0.2, -0.15) is 0 Å². The smallest absolute Gasteiger partial charge is 0.308 e. The predicted molar refractivity (Wildman–Crippen MR) is 99.4 cm³/mol. The molecule has 2 N–H and O–H groups in total. The van der Waals surface area contributed by atoms with Crippen molar-refractivity contribution in [3.05, 3.63) is 34.2 Å². The fourth-order valence-electron chi connectivity index (χ4n) is 5.06. The Hall–Kier alpha value is -2.15. The Morgan fingerprint density at radius 3 is 2.70 bits per heavy atom. The van der Waals surface area contributed by atoms with Gasteiger partial charge in [-0.1, -0.05) is 6.07 Å². The van der Waals surface area contributed by atoms with E-state index in [1.54, 1.807) is 16.7 Å². The number of pyridine rings is 1. The third-order valence-electron chi connectivity index (χ3n) is 6.43. The van der Waals surface area contributed by atoms with E-state index in [1.165, 1.54) is 7.11 Å². The molecular formula is C20H27N3O4. The second-order valence-electron chi connectivity index (χ2n) is 8.03. The summed E-state index contributed by atoms with van der Waals surface area (Å²) in [5.41, 5.74) is 0.860. The van der Waals surface area contributed by atoms with E-state index in [4.69, 9.17) is 4.74 Å². The van der Waals surface area contributed by atoms with E-state index in [0.717, 1.165) is 50.9 Å². The van der Waals surface area contributed by atoms with Crippen molar-refractivity contribution in [2.45, 2.75) is 50.1 Å². The van der Waals surface area contributed by atoms with Gasteiger partial charge in [-0.25, -0.2) is 0 Å². The molecule has 3 atom stereocenters. The predicted octanol–water partition coefficient (Wildman–Crippen LogP) is 0.944. The van der Waals surface area contributed by atoms with Crippen molar-refractivity contribution in [1.29, 1.82) is 0 Å². The Balaban J connectivity index is 1.50. The topological polar surface area (TPSA) is 89.4 Å². The van der Waals surface area contributed by atoms with E-state index < -0.39 is 6.04 Å². The third kappa shape index (κ3) is 3.40. The molecule has 0 spiro atoms. The number of hydrogen-bond acceptors (Lipinski definition) is 5. The number of nitrogens with zero attached hydrogens (tertiary/aromatic N) is 1. The van der Waals surface area contributed by atoms with Gasteiger partial charge in [-0.05, 0) is 38.2 Å². The number of fused-ring (bicyclic) bond motifs is 4. The van der Waals surface area contributed by atoms with E-state index in [2.05, 4.69) is 10.6 Å². The molecule has 3 aliphatic rings. The lowest BCUT2D eigenvalue weighted by Crippen LogP contribution is -2.53. The van der Waals surface area contributed by atoms with Crippen molar-refractivity contribution in [2.75, 3.05) is 20.2 Å². The Bertz CT molecular complexity index is 782. The first-order valence-corrected chi connectivity index (χ1v) is 9.89. The molecule has 0 unspecified atom stereocenters. The van der Waals surface area contributed by atoms with Crippen LogP contribution in [0, 0.1) is 11.8 Å². The quantitative estimate of drug-likeness (QED) is 0.770. The number of amides is 1. The van der Waals surface area contributed by atoms with Crippen molar-refractivity contribution in [2.24, 2.45) is 11.8 Å². The van der Waals surface area contributed by atoms with Crippen LogP contribution in [0.5, 0.6) is 0 Å². The normalized spacial score (nSPS) is 32.3. The second kappa shape index (κ2) is 7.46. The van der Waals surface area contributed by atoms with Crippen LogP contribution >= 0.6 is 0 Å². The molecule has 1 saturated carbocycles. The number of carbonyl (C=O) groups excluding carboxylic acids is 2. The first kappa shape index (κ1) is 18.2. The van der Waals surface area contributed by atoms with Crippen molar-refractivity contribution < 1.29 is 14.3 Å². The SMILES string of the molecule is COC(=O)C1CCC(NC(=O)[C@H]2[C@@H]3CNC[C@@H](C3)c3cccc(=O)n32)CC1. The van der Waals surface area contributed by atoms with Crippen LogP contribution in [-0.2, 0) is 14.3 Å².